The van der Waals surface area contributed by atoms with Crippen molar-refractivity contribution >= 4 is 0 Å². The second-order valence-corrected chi connectivity index (χ2v) is 4.58. The summed E-state index contributed by atoms with van der Waals surface area (Å²) in [5.74, 6) is 0. The lowest BCUT2D eigenvalue weighted by Crippen LogP contribution is -2.45. The molecule has 70 valence electrons. The zero-order valence-electron chi connectivity index (χ0n) is 7.94. The molecule has 2 aliphatic rings. The van der Waals surface area contributed by atoms with Crippen molar-refractivity contribution in [3.8, 4) is 0 Å². The third kappa shape index (κ3) is 1.09. The fraction of sp³-hybridized carbons (Fsp3) is 1.00. The lowest BCUT2D eigenvalue weighted by molar-refractivity contribution is 0.0551. The van der Waals surface area contributed by atoms with E-state index in [1.807, 2.05) is 0 Å². The predicted molar refractivity (Wildman–Crippen MR) is 48.9 cm³/mol. The highest BCUT2D eigenvalue weighted by Crippen LogP contribution is 2.56. The first-order chi connectivity index (χ1) is 5.72. The quantitative estimate of drug-likeness (QED) is 0.697. The third-order valence-corrected chi connectivity index (χ3v) is 3.83. The molecule has 2 N–H and O–H groups in total. The fourth-order valence-electron chi connectivity index (χ4n) is 2.78. The number of rotatable bonds is 3. The van der Waals surface area contributed by atoms with Gasteiger partial charge in [0, 0.05) is 18.1 Å². The van der Waals surface area contributed by atoms with Crippen molar-refractivity contribution in [3.63, 3.8) is 0 Å². The van der Waals surface area contributed by atoms with Crippen molar-refractivity contribution in [3.05, 3.63) is 0 Å². The Morgan fingerprint density at radius 3 is 2.17 bits per heavy atom. The minimum Gasteiger partial charge on any atom is -0.384 e. The molecule has 0 saturated heterocycles. The van der Waals surface area contributed by atoms with E-state index in [-0.39, 0.29) is 5.54 Å². The predicted octanol–water partition coefficient (Wildman–Crippen LogP) is 1.68. The fourth-order valence-corrected chi connectivity index (χ4v) is 2.78. The van der Waals surface area contributed by atoms with Gasteiger partial charge in [-0.3, -0.25) is 0 Å². The van der Waals surface area contributed by atoms with Gasteiger partial charge in [0.25, 0.3) is 0 Å². The first-order valence-corrected chi connectivity index (χ1v) is 5.00. The Bertz CT molecular complexity index is 169. The van der Waals surface area contributed by atoms with E-state index in [9.17, 15) is 0 Å². The van der Waals surface area contributed by atoms with Crippen molar-refractivity contribution in [2.45, 2.75) is 44.1 Å². The molecule has 0 radical (unpaired) electrons. The third-order valence-electron chi connectivity index (χ3n) is 3.83. The summed E-state index contributed by atoms with van der Waals surface area (Å²) >= 11 is 0. The van der Waals surface area contributed by atoms with E-state index in [4.69, 9.17) is 10.5 Å². The van der Waals surface area contributed by atoms with Gasteiger partial charge in [0.15, 0.2) is 0 Å². The van der Waals surface area contributed by atoms with Crippen LogP contribution in [0.15, 0.2) is 0 Å². The Morgan fingerprint density at radius 1 is 1.17 bits per heavy atom. The maximum atomic E-state index is 6.29. The van der Waals surface area contributed by atoms with Gasteiger partial charge in [0.05, 0.1) is 6.61 Å². The molecule has 0 spiro atoms. The summed E-state index contributed by atoms with van der Waals surface area (Å²) in [5, 5.41) is 0. The lowest BCUT2D eigenvalue weighted by Gasteiger charge is -2.34. The summed E-state index contributed by atoms with van der Waals surface area (Å²) in [6, 6.07) is 0. The second kappa shape index (κ2) is 2.71. The van der Waals surface area contributed by atoms with E-state index in [0.717, 1.165) is 6.61 Å². The van der Waals surface area contributed by atoms with Gasteiger partial charge in [-0.15, -0.1) is 0 Å². The van der Waals surface area contributed by atoms with Crippen LogP contribution in [0, 0.1) is 5.41 Å². The minimum absolute atomic E-state index is 0.152. The lowest BCUT2D eigenvalue weighted by atomic mass is 9.77. The molecule has 2 heteroatoms. The van der Waals surface area contributed by atoms with Crippen molar-refractivity contribution in [1.82, 2.24) is 0 Å². The van der Waals surface area contributed by atoms with Crippen molar-refractivity contribution in [2.75, 3.05) is 13.7 Å². The molecule has 2 nitrogen and oxygen atoms in total. The van der Waals surface area contributed by atoms with Crippen molar-refractivity contribution in [2.24, 2.45) is 11.1 Å². The molecular formula is C10H19NO. The smallest absolute Gasteiger partial charge is 0.0536 e. The summed E-state index contributed by atoms with van der Waals surface area (Å²) in [4.78, 5) is 0. The SMILES string of the molecule is COCC1(C2(N)CC2)CCCC1. The molecule has 0 aromatic carbocycles. The molecule has 2 fully saturated rings. The maximum absolute atomic E-state index is 6.29. The maximum Gasteiger partial charge on any atom is 0.0536 e. The molecule has 2 aliphatic carbocycles. The highest BCUT2D eigenvalue weighted by molar-refractivity contribution is 5.13. The molecule has 0 bridgehead atoms. The van der Waals surface area contributed by atoms with E-state index in [2.05, 4.69) is 0 Å². The first kappa shape index (κ1) is 8.52. The molecule has 0 aromatic heterocycles. The van der Waals surface area contributed by atoms with Crippen molar-refractivity contribution in [1.29, 1.82) is 0 Å². The number of nitrogens with two attached hydrogens (primary N) is 1. The van der Waals surface area contributed by atoms with Crippen LogP contribution in [0.2, 0.25) is 0 Å². The van der Waals surface area contributed by atoms with Gasteiger partial charge in [-0.05, 0) is 25.7 Å². The summed E-state index contributed by atoms with van der Waals surface area (Å²) in [6.07, 6.45) is 7.71. The Kier molecular flexibility index (Phi) is 1.92. The topological polar surface area (TPSA) is 35.2 Å². The molecule has 0 heterocycles. The summed E-state index contributed by atoms with van der Waals surface area (Å²) in [6.45, 7) is 0.878. The summed E-state index contributed by atoms with van der Waals surface area (Å²) in [5.41, 5.74) is 6.79. The number of ether oxygens (including phenoxy) is 1. The molecule has 0 amide bonds. The average Bonchev–Trinajstić information content (AvgIpc) is 2.66. The normalized spacial score (nSPS) is 30.5. The zero-order valence-corrected chi connectivity index (χ0v) is 7.94. The van der Waals surface area contributed by atoms with Crippen LogP contribution >= 0.6 is 0 Å². The molecule has 0 atom stereocenters. The van der Waals surface area contributed by atoms with Gasteiger partial charge in [-0.25, -0.2) is 0 Å². The van der Waals surface area contributed by atoms with Gasteiger partial charge < -0.3 is 10.5 Å². The van der Waals surface area contributed by atoms with E-state index >= 15 is 0 Å². The molecule has 2 rings (SSSR count). The van der Waals surface area contributed by atoms with Crippen LogP contribution in [0.3, 0.4) is 0 Å². The van der Waals surface area contributed by atoms with E-state index in [1.165, 1.54) is 38.5 Å². The zero-order chi connectivity index (χ0) is 8.66. The van der Waals surface area contributed by atoms with Crippen LogP contribution in [-0.2, 0) is 4.74 Å². The van der Waals surface area contributed by atoms with Gasteiger partial charge >= 0.3 is 0 Å². The standard InChI is InChI=1S/C10H19NO/c1-12-8-9(4-2-3-5-9)10(11)6-7-10/h2-8,11H2,1H3. The van der Waals surface area contributed by atoms with Crippen molar-refractivity contribution < 1.29 is 4.74 Å². The second-order valence-electron chi connectivity index (χ2n) is 4.58. The van der Waals surface area contributed by atoms with Crippen LogP contribution in [-0.4, -0.2) is 19.3 Å². The van der Waals surface area contributed by atoms with Crippen LogP contribution < -0.4 is 5.73 Å². The Morgan fingerprint density at radius 2 is 1.75 bits per heavy atom. The van der Waals surface area contributed by atoms with Crippen LogP contribution in [0.1, 0.15) is 38.5 Å². The molecular weight excluding hydrogens is 150 g/mol. The van der Waals surface area contributed by atoms with Crippen LogP contribution in [0.4, 0.5) is 0 Å². The average molecular weight is 169 g/mol. The Balaban J connectivity index is 2.10. The molecule has 12 heavy (non-hydrogen) atoms. The Hall–Kier alpha value is -0.0800. The van der Waals surface area contributed by atoms with Crippen LogP contribution in [0.25, 0.3) is 0 Å². The molecule has 0 unspecified atom stereocenters. The Labute approximate surface area is 74.5 Å². The highest BCUT2D eigenvalue weighted by atomic mass is 16.5. The highest BCUT2D eigenvalue weighted by Gasteiger charge is 2.57. The molecule has 2 saturated carbocycles. The number of hydrogen-bond donors (Lipinski definition) is 1. The van der Waals surface area contributed by atoms with Crippen LogP contribution in [0.5, 0.6) is 0 Å². The van der Waals surface area contributed by atoms with E-state index in [1.54, 1.807) is 7.11 Å². The summed E-state index contributed by atoms with van der Waals surface area (Å²) < 4.78 is 5.32. The molecule has 0 aliphatic heterocycles. The minimum atomic E-state index is 0.152. The van der Waals surface area contributed by atoms with E-state index in [0.29, 0.717) is 5.41 Å². The number of hydrogen-bond acceptors (Lipinski definition) is 2. The van der Waals surface area contributed by atoms with E-state index < -0.39 is 0 Å². The van der Waals surface area contributed by atoms with Gasteiger partial charge in [0.2, 0.25) is 0 Å². The molecule has 0 aromatic rings. The van der Waals surface area contributed by atoms with Gasteiger partial charge in [-0.2, -0.15) is 0 Å². The largest absolute Gasteiger partial charge is 0.384 e. The monoisotopic (exact) mass is 169 g/mol. The van der Waals surface area contributed by atoms with Gasteiger partial charge in [0.1, 0.15) is 0 Å². The summed E-state index contributed by atoms with van der Waals surface area (Å²) in [7, 11) is 1.80. The number of methoxy groups -OCH3 is 1. The van der Waals surface area contributed by atoms with Gasteiger partial charge in [-0.1, -0.05) is 12.8 Å². The first-order valence-electron chi connectivity index (χ1n) is 5.00.